The lowest BCUT2D eigenvalue weighted by Crippen LogP contribution is -2.18. The number of fused-ring (bicyclic) bond motifs is 1. The van der Waals surface area contributed by atoms with Crippen LogP contribution in [0.25, 0.3) is 0 Å². The van der Waals surface area contributed by atoms with Crippen molar-refractivity contribution in [2.75, 3.05) is 14.1 Å². The molecule has 0 aliphatic heterocycles. The Morgan fingerprint density at radius 2 is 1.88 bits per heavy atom. The normalized spacial score (nSPS) is 18.8. The van der Waals surface area contributed by atoms with Crippen molar-refractivity contribution < 1.29 is 4.39 Å². The zero-order valence-electron chi connectivity index (χ0n) is 13.9. The third-order valence-corrected chi connectivity index (χ3v) is 4.55. The summed E-state index contributed by atoms with van der Waals surface area (Å²) in [6, 6.07) is 12.4. The average Bonchev–Trinajstić information content (AvgIpc) is 2.90. The third-order valence-electron chi connectivity index (χ3n) is 4.32. The van der Waals surface area contributed by atoms with Gasteiger partial charge >= 0.3 is 0 Å². The molecule has 0 heterocycles. The Bertz CT molecular complexity index is 810. The van der Waals surface area contributed by atoms with Gasteiger partial charge < -0.3 is 4.90 Å². The summed E-state index contributed by atoms with van der Waals surface area (Å²) in [7, 11) is 3.86. The van der Waals surface area contributed by atoms with E-state index in [-0.39, 0.29) is 11.7 Å². The first kappa shape index (κ1) is 16.7. The lowest BCUT2D eigenvalue weighted by Gasteiger charge is -2.12. The van der Waals surface area contributed by atoms with E-state index in [1.54, 1.807) is 0 Å². The number of nitrogens with zero attached hydrogens (tertiary/aromatic N) is 3. The number of rotatable bonds is 2. The Morgan fingerprint density at radius 1 is 1.17 bits per heavy atom. The van der Waals surface area contributed by atoms with Crippen LogP contribution in [0.2, 0.25) is 5.02 Å². The summed E-state index contributed by atoms with van der Waals surface area (Å²) in [5, 5.41) is 9.57. The summed E-state index contributed by atoms with van der Waals surface area (Å²) >= 11 is 6.13. The highest BCUT2D eigenvalue weighted by atomic mass is 35.5. The molecule has 0 amide bonds. The molecule has 124 valence electrons. The maximum atomic E-state index is 13.3. The first-order chi connectivity index (χ1) is 11.5. The summed E-state index contributed by atoms with van der Waals surface area (Å²) in [4.78, 5) is 1.91. The molecular weight excluding hydrogens is 325 g/mol. The van der Waals surface area contributed by atoms with E-state index in [1.807, 2.05) is 56.3 Å². The first-order valence-corrected chi connectivity index (χ1v) is 8.17. The van der Waals surface area contributed by atoms with Crippen molar-refractivity contribution >= 4 is 23.1 Å². The number of amidine groups is 1. The molecule has 0 N–H and O–H groups in total. The van der Waals surface area contributed by atoms with Gasteiger partial charge in [-0.05, 0) is 48.7 Å². The van der Waals surface area contributed by atoms with Gasteiger partial charge in [-0.25, -0.2) is 4.39 Å². The van der Waals surface area contributed by atoms with Gasteiger partial charge in [0, 0.05) is 30.6 Å². The van der Waals surface area contributed by atoms with Gasteiger partial charge in [0.15, 0.2) is 0 Å². The van der Waals surface area contributed by atoms with Gasteiger partial charge in [0.2, 0.25) is 0 Å². The van der Waals surface area contributed by atoms with Crippen molar-refractivity contribution in [2.45, 2.75) is 19.3 Å². The third kappa shape index (κ3) is 3.34. The molecule has 1 aliphatic rings. The Hall–Kier alpha value is -2.20. The molecule has 2 aromatic rings. The molecule has 0 aromatic heterocycles. The number of hydrogen-bond donors (Lipinski definition) is 0. The summed E-state index contributed by atoms with van der Waals surface area (Å²) < 4.78 is 13.3. The van der Waals surface area contributed by atoms with Gasteiger partial charge in [0.25, 0.3) is 0 Å². The predicted molar refractivity (Wildman–Crippen MR) is 97.6 cm³/mol. The van der Waals surface area contributed by atoms with Crippen LogP contribution in [-0.2, 0) is 6.42 Å². The highest BCUT2D eigenvalue weighted by molar-refractivity contribution is 6.31. The minimum Gasteiger partial charge on any atom is -0.365 e. The molecule has 0 saturated carbocycles. The van der Waals surface area contributed by atoms with Crippen LogP contribution in [0.3, 0.4) is 0 Å². The summed E-state index contributed by atoms with van der Waals surface area (Å²) in [6.45, 7) is 1.91. The second kappa shape index (κ2) is 6.73. The smallest absolute Gasteiger partial charge is 0.123 e. The zero-order chi connectivity index (χ0) is 17.3. The van der Waals surface area contributed by atoms with E-state index in [4.69, 9.17) is 11.6 Å². The van der Waals surface area contributed by atoms with Gasteiger partial charge in [-0.15, -0.1) is 5.10 Å². The number of halogens is 2. The van der Waals surface area contributed by atoms with Gasteiger partial charge in [0.1, 0.15) is 11.7 Å². The van der Waals surface area contributed by atoms with Crippen LogP contribution >= 0.6 is 11.6 Å². The van der Waals surface area contributed by atoms with Crippen LogP contribution in [0, 0.1) is 5.82 Å². The van der Waals surface area contributed by atoms with Crippen LogP contribution < -0.4 is 0 Å². The first-order valence-electron chi connectivity index (χ1n) is 7.79. The molecule has 3 nitrogen and oxygen atoms in total. The van der Waals surface area contributed by atoms with Gasteiger partial charge in [-0.3, -0.25) is 0 Å². The lowest BCUT2D eigenvalue weighted by atomic mass is 9.95. The Balaban J connectivity index is 2.06. The van der Waals surface area contributed by atoms with Crippen LogP contribution in [0.1, 0.15) is 29.5 Å². The van der Waals surface area contributed by atoms with Crippen molar-refractivity contribution in [2.24, 2.45) is 10.2 Å². The van der Waals surface area contributed by atoms with E-state index in [0.29, 0.717) is 5.02 Å². The SMILES string of the molecule is CC(=NN=C1c2ccc(Cl)cc2CC1c1ccc(F)cc1)N(C)C. The van der Waals surface area contributed by atoms with Crippen molar-refractivity contribution in [3.63, 3.8) is 0 Å². The van der Waals surface area contributed by atoms with Gasteiger partial charge in [0.05, 0.1) is 5.71 Å². The minimum atomic E-state index is -0.239. The van der Waals surface area contributed by atoms with E-state index < -0.39 is 0 Å². The van der Waals surface area contributed by atoms with Crippen LogP contribution in [0.5, 0.6) is 0 Å². The Kier molecular flexibility index (Phi) is 4.67. The fraction of sp³-hybridized carbons (Fsp3) is 0.263. The van der Waals surface area contributed by atoms with E-state index in [1.165, 1.54) is 12.1 Å². The Labute approximate surface area is 146 Å². The van der Waals surface area contributed by atoms with Gasteiger partial charge in [-0.1, -0.05) is 29.8 Å². The maximum Gasteiger partial charge on any atom is 0.123 e. The van der Waals surface area contributed by atoms with Crippen molar-refractivity contribution in [1.29, 1.82) is 0 Å². The molecule has 24 heavy (non-hydrogen) atoms. The Morgan fingerprint density at radius 3 is 2.54 bits per heavy atom. The van der Waals surface area contributed by atoms with Crippen molar-refractivity contribution in [3.05, 3.63) is 70.0 Å². The number of benzene rings is 2. The van der Waals surface area contributed by atoms with E-state index in [9.17, 15) is 4.39 Å². The highest BCUT2D eigenvalue weighted by Gasteiger charge is 2.30. The largest absolute Gasteiger partial charge is 0.365 e. The quantitative estimate of drug-likeness (QED) is 0.448. The van der Waals surface area contributed by atoms with Crippen molar-refractivity contribution in [3.8, 4) is 0 Å². The minimum absolute atomic E-state index is 0.0535. The molecule has 5 heteroatoms. The maximum absolute atomic E-state index is 13.3. The summed E-state index contributed by atoms with van der Waals surface area (Å²) in [5.74, 6) is 0.637. The molecule has 0 bridgehead atoms. The standard InChI is InChI=1S/C19H19ClFN3/c1-12(24(2)3)22-23-19-17-9-6-15(20)10-14(17)11-18(19)13-4-7-16(21)8-5-13/h4-10,18H,11H2,1-3H3. The molecule has 0 fully saturated rings. The van der Waals surface area contributed by atoms with Crippen molar-refractivity contribution in [1.82, 2.24) is 4.90 Å². The molecule has 1 aliphatic carbocycles. The topological polar surface area (TPSA) is 28.0 Å². The highest BCUT2D eigenvalue weighted by Crippen LogP contribution is 2.36. The fourth-order valence-electron chi connectivity index (χ4n) is 2.80. The molecule has 1 atom stereocenters. The molecule has 1 unspecified atom stereocenters. The number of hydrogen-bond acceptors (Lipinski definition) is 2. The predicted octanol–water partition coefficient (Wildman–Crippen LogP) is 4.50. The van der Waals surface area contributed by atoms with Crippen LogP contribution in [-0.4, -0.2) is 30.5 Å². The monoisotopic (exact) mass is 343 g/mol. The summed E-state index contributed by atoms with van der Waals surface area (Å²) in [6.07, 6.45) is 0.789. The van der Waals surface area contributed by atoms with Gasteiger partial charge in [-0.2, -0.15) is 5.10 Å². The zero-order valence-corrected chi connectivity index (χ0v) is 14.7. The molecule has 2 aromatic carbocycles. The second-order valence-electron chi connectivity index (χ2n) is 6.14. The van der Waals surface area contributed by atoms with Crippen LogP contribution in [0.4, 0.5) is 4.39 Å². The molecule has 0 spiro atoms. The van der Waals surface area contributed by atoms with Crippen LogP contribution in [0.15, 0.2) is 52.7 Å². The summed E-state index contributed by atoms with van der Waals surface area (Å²) in [5.41, 5.74) is 4.13. The lowest BCUT2D eigenvalue weighted by molar-refractivity contribution is 0.615. The second-order valence-corrected chi connectivity index (χ2v) is 6.57. The average molecular weight is 344 g/mol. The van der Waals surface area contributed by atoms with E-state index in [2.05, 4.69) is 10.2 Å². The molecular formula is C19H19ClFN3. The molecule has 0 radical (unpaired) electrons. The van der Waals surface area contributed by atoms with E-state index in [0.717, 1.165) is 34.7 Å². The molecule has 3 rings (SSSR count). The van der Waals surface area contributed by atoms with E-state index >= 15 is 0 Å². The fourth-order valence-corrected chi connectivity index (χ4v) is 2.99. The molecule has 0 saturated heterocycles.